The van der Waals surface area contributed by atoms with Crippen molar-refractivity contribution in [2.75, 3.05) is 0 Å². The van der Waals surface area contributed by atoms with Gasteiger partial charge in [-0.2, -0.15) is 0 Å². The minimum Gasteiger partial charge on any atom is -0.483 e. The van der Waals surface area contributed by atoms with E-state index in [1.54, 1.807) is 0 Å². The first-order valence-electron chi connectivity index (χ1n) is 8.96. The number of fused-ring (bicyclic) bond motifs is 2. The highest BCUT2D eigenvalue weighted by molar-refractivity contribution is 5.69. The third kappa shape index (κ3) is 2.93. The lowest BCUT2D eigenvalue weighted by Gasteiger charge is -2.31. The van der Waals surface area contributed by atoms with Crippen molar-refractivity contribution in [2.45, 2.75) is 45.0 Å². The molecule has 0 atom stereocenters. The van der Waals surface area contributed by atoms with Crippen molar-refractivity contribution in [2.24, 2.45) is 0 Å². The predicted molar refractivity (Wildman–Crippen MR) is 104 cm³/mol. The Kier molecular flexibility index (Phi) is 3.74. The fourth-order valence-corrected chi connectivity index (χ4v) is 3.50. The van der Waals surface area contributed by atoms with Gasteiger partial charge in [-0.25, -0.2) is 0 Å². The van der Waals surface area contributed by atoms with Crippen LogP contribution < -0.4 is 9.47 Å². The molecular formula is C23H24O3. The highest BCUT2D eigenvalue weighted by Crippen LogP contribution is 2.41. The second-order valence-corrected chi connectivity index (χ2v) is 8.00. The van der Waals surface area contributed by atoms with Crippen LogP contribution in [0.3, 0.4) is 0 Å². The molecule has 0 aromatic heterocycles. The summed E-state index contributed by atoms with van der Waals surface area (Å²) in [4.78, 5) is 0. The quantitative estimate of drug-likeness (QED) is 0.817. The molecule has 2 heterocycles. The summed E-state index contributed by atoms with van der Waals surface area (Å²) in [5.74, 6) is 1.60. The van der Waals surface area contributed by atoms with Crippen LogP contribution in [0.4, 0.5) is 0 Å². The van der Waals surface area contributed by atoms with Crippen LogP contribution in [0.1, 0.15) is 56.1 Å². The fraction of sp³-hybridized carbons (Fsp3) is 0.304. The Balaban J connectivity index is 1.79. The average Bonchev–Trinajstić information content (AvgIpc) is 2.58. The van der Waals surface area contributed by atoms with Crippen LogP contribution in [0.25, 0.3) is 12.2 Å². The van der Waals surface area contributed by atoms with E-state index in [1.165, 1.54) is 0 Å². The summed E-state index contributed by atoms with van der Waals surface area (Å²) in [6, 6.07) is 11.7. The van der Waals surface area contributed by atoms with E-state index in [2.05, 4.69) is 0 Å². The number of hydrogen-bond donors (Lipinski definition) is 1. The average molecular weight is 348 g/mol. The van der Waals surface area contributed by atoms with E-state index in [1.807, 2.05) is 88.4 Å². The summed E-state index contributed by atoms with van der Waals surface area (Å²) in [6.07, 6.45) is 7.38. The molecule has 0 spiro atoms. The molecule has 26 heavy (non-hydrogen) atoms. The highest BCUT2D eigenvalue weighted by atomic mass is 16.5. The van der Waals surface area contributed by atoms with Gasteiger partial charge in [0.2, 0.25) is 0 Å². The lowest BCUT2D eigenvalue weighted by atomic mass is 9.89. The summed E-state index contributed by atoms with van der Waals surface area (Å²) in [7, 11) is 0. The first kappa shape index (κ1) is 16.9. The minimum atomic E-state index is -0.760. The Labute approximate surface area is 154 Å². The summed E-state index contributed by atoms with van der Waals surface area (Å²) >= 11 is 0. The molecule has 0 fully saturated rings. The summed E-state index contributed by atoms with van der Waals surface area (Å²) in [6.45, 7) is 8.08. The first-order chi connectivity index (χ1) is 12.3. The highest BCUT2D eigenvalue weighted by Gasteiger charge is 2.28. The first-order valence-corrected chi connectivity index (χ1v) is 8.96. The molecule has 1 N–H and O–H groups in total. The second-order valence-electron chi connectivity index (χ2n) is 8.00. The largest absolute Gasteiger partial charge is 0.483 e. The van der Waals surface area contributed by atoms with Crippen LogP contribution >= 0.6 is 0 Å². The SMILES string of the molecule is CC1(C)C=Cc2c(cccc2C(O)c2cccc3c2C=CC(C)(C)O3)O1. The van der Waals surface area contributed by atoms with E-state index < -0.39 is 6.10 Å². The van der Waals surface area contributed by atoms with Crippen LogP contribution in [-0.4, -0.2) is 16.3 Å². The number of hydrogen-bond acceptors (Lipinski definition) is 3. The molecule has 0 aliphatic carbocycles. The van der Waals surface area contributed by atoms with Gasteiger partial charge in [0, 0.05) is 11.1 Å². The second kappa shape index (κ2) is 5.75. The van der Waals surface area contributed by atoms with Crippen molar-refractivity contribution in [1.29, 1.82) is 0 Å². The molecule has 0 unspecified atom stereocenters. The van der Waals surface area contributed by atoms with Crippen LogP contribution in [0.5, 0.6) is 11.5 Å². The zero-order valence-corrected chi connectivity index (χ0v) is 15.6. The molecule has 0 bridgehead atoms. The molecule has 2 aliphatic heterocycles. The van der Waals surface area contributed by atoms with Gasteiger partial charge in [0.05, 0.1) is 0 Å². The van der Waals surface area contributed by atoms with Gasteiger partial charge in [-0.05, 0) is 63.1 Å². The standard InChI is InChI=1S/C23H24O3/c1-22(2)13-11-15-17(7-5-9-19(15)25-22)21(24)18-8-6-10-20-16(18)12-14-23(3,4)26-20/h5-14,21,24H,1-4H3. The van der Waals surface area contributed by atoms with Crippen LogP contribution in [-0.2, 0) is 0 Å². The van der Waals surface area contributed by atoms with Gasteiger partial charge < -0.3 is 14.6 Å². The van der Waals surface area contributed by atoms with E-state index in [4.69, 9.17) is 9.47 Å². The number of aliphatic hydroxyl groups is 1. The smallest absolute Gasteiger partial charge is 0.128 e. The molecular weight excluding hydrogens is 324 g/mol. The monoisotopic (exact) mass is 348 g/mol. The van der Waals surface area contributed by atoms with Crippen molar-refractivity contribution in [1.82, 2.24) is 0 Å². The number of benzene rings is 2. The normalized spacial score (nSPS) is 18.7. The van der Waals surface area contributed by atoms with Crippen LogP contribution in [0.15, 0.2) is 48.6 Å². The van der Waals surface area contributed by atoms with Crippen LogP contribution in [0.2, 0.25) is 0 Å². The molecule has 2 aromatic carbocycles. The minimum absolute atomic E-state index is 0.343. The van der Waals surface area contributed by atoms with Crippen molar-refractivity contribution in [3.63, 3.8) is 0 Å². The Morgan fingerprint density at radius 1 is 0.731 bits per heavy atom. The molecule has 3 nitrogen and oxygen atoms in total. The summed E-state index contributed by atoms with van der Waals surface area (Å²) < 4.78 is 12.1. The van der Waals surface area contributed by atoms with Gasteiger partial charge in [-0.15, -0.1) is 0 Å². The van der Waals surface area contributed by atoms with E-state index in [9.17, 15) is 5.11 Å². The van der Waals surface area contributed by atoms with Gasteiger partial charge in [0.25, 0.3) is 0 Å². The molecule has 0 amide bonds. The maximum atomic E-state index is 11.2. The maximum Gasteiger partial charge on any atom is 0.128 e. The van der Waals surface area contributed by atoms with Crippen molar-refractivity contribution in [3.8, 4) is 11.5 Å². The molecule has 2 aliphatic rings. The Morgan fingerprint density at radius 3 is 1.58 bits per heavy atom. The van der Waals surface area contributed by atoms with E-state index in [-0.39, 0.29) is 11.2 Å². The third-order valence-electron chi connectivity index (χ3n) is 4.84. The van der Waals surface area contributed by atoms with E-state index >= 15 is 0 Å². The van der Waals surface area contributed by atoms with Gasteiger partial charge in [0.15, 0.2) is 0 Å². The lowest BCUT2D eigenvalue weighted by Crippen LogP contribution is -2.28. The lowest BCUT2D eigenvalue weighted by molar-refractivity contribution is 0.156. The number of rotatable bonds is 2. The van der Waals surface area contributed by atoms with Gasteiger partial charge >= 0.3 is 0 Å². The Hall–Kier alpha value is -2.52. The van der Waals surface area contributed by atoms with Crippen molar-refractivity contribution >= 4 is 12.2 Å². The zero-order chi connectivity index (χ0) is 18.5. The number of aliphatic hydroxyl groups excluding tert-OH is 1. The Morgan fingerprint density at radius 2 is 1.15 bits per heavy atom. The van der Waals surface area contributed by atoms with Gasteiger partial charge in [-0.3, -0.25) is 0 Å². The Bertz CT molecular complexity index is 844. The van der Waals surface area contributed by atoms with Gasteiger partial charge in [0.1, 0.15) is 28.8 Å². The van der Waals surface area contributed by atoms with E-state index in [0.717, 1.165) is 33.8 Å². The molecule has 134 valence electrons. The molecule has 2 aromatic rings. The number of ether oxygens (including phenoxy) is 2. The topological polar surface area (TPSA) is 38.7 Å². The third-order valence-corrected chi connectivity index (χ3v) is 4.84. The predicted octanol–water partition coefficient (Wildman–Crippen LogP) is 5.14. The maximum absolute atomic E-state index is 11.2. The van der Waals surface area contributed by atoms with Gasteiger partial charge in [-0.1, -0.05) is 36.4 Å². The van der Waals surface area contributed by atoms with Crippen molar-refractivity contribution in [3.05, 3.63) is 70.8 Å². The van der Waals surface area contributed by atoms with Crippen molar-refractivity contribution < 1.29 is 14.6 Å². The molecule has 0 saturated heterocycles. The summed E-state index contributed by atoms with van der Waals surface area (Å²) in [5, 5.41) is 11.2. The summed E-state index contributed by atoms with van der Waals surface area (Å²) in [5.41, 5.74) is 2.84. The van der Waals surface area contributed by atoms with E-state index in [0.29, 0.717) is 0 Å². The molecule has 4 rings (SSSR count). The molecule has 3 heteroatoms. The molecule has 0 radical (unpaired) electrons. The fourth-order valence-electron chi connectivity index (χ4n) is 3.50. The van der Waals surface area contributed by atoms with Crippen LogP contribution in [0, 0.1) is 0 Å². The molecule has 0 saturated carbocycles. The zero-order valence-electron chi connectivity index (χ0n) is 15.6.